The molecule has 0 fully saturated rings. The van der Waals surface area contributed by atoms with E-state index in [-0.39, 0.29) is 5.78 Å². The van der Waals surface area contributed by atoms with Crippen molar-refractivity contribution in [3.8, 4) is 0 Å². The molecule has 0 radical (unpaired) electrons. The van der Waals surface area contributed by atoms with Crippen molar-refractivity contribution in [1.82, 2.24) is 9.13 Å². The van der Waals surface area contributed by atoms with Crippen LogP contribution < -0.4 is 0 Å². The molecule has 3 aromatic carbocycles. The zero-order chi connectivity index (χ0) is 24.0. The number of allylic oxidation sites excluding steroid dienone is 1. The van der Waals surface area contributed by atoms with Crippen molar-refractivity contribution in [2.75, 3.05) is 0 Å². The summed E-state index contributed by atoms with van der Waals surface area (Å²) in [4.78, 5) is 13.4. The zero-order valence-electron chi connectivity index (χ0n) is 19.2. The molecule has 35 heavy (non-hydrogen) atoms. The van der Waals surface area contributed by atoms with Gasteiger partial charge in [-0.05, 0) is 53.6 Å². The molecule has 0 bridgehead atoms. The van der Waals surface area contributed by atoms with Gasteiger partial charge in [-0.2, -0.15) is 0 Å². The Balaban J connectivity index is 1.60. The van der Waals surface area contributed by atoms with Gasteiger partial charge in [-0.15, -0.1) is 0 Å². The summed E-state index contributed by atoms with van der Waals surface area (Å²) < 4.78 is 4.36. The Morgan fingerprint density at radius 3 is 1.63 bits per heavy atom. The average molecular weight is 477 g/mol. The van der Waals surface area contributed by atoms with Gasteiger partial charge in [-0.1, -0.05) is 84.4 Å². The maximum absolute atomic E-state index is 13.4. The van der Waals surface area contributed by atoms with E-state index in [1.165, 1.54) is 11.1 Å². The summed E-state index contributed by atoms with van der Waals surface area (Å²) in [7, 11) is 0. The van der Waals surface area contributed by atoms with Gasteiger partial charge in [0.25, 0.3) is 0 Å². The predicted octanol–water partition coefficient (Wildman–Crippen LogP) is 7.35. The Morgan fingerprint density at radius 2 is 1.11 bits per heavy atom. The first-order valence-electron chi connectivity index (χ1n) is 11.6. The molecule has 0 aliphatic heterocycles. The van der Waals surface area contributed by atoms with Crippen molar-refractivity contribution >= 4 is 23.0 Å². The van der Waals surface area contributed by atoms with Crippen molar-refractivity contribution < 1.29 is 4.79 Å². The number of ketones is 1. The maximum Gasteiger partial charge on any atom is 0.188 e. The molecule has 0 amide bonds. The summed E-state index contributed by atoms with van der Waals surface area (Å²) in [6.45, 7) is 1.42. The molecule has 0 N–H and O–H groups in total. The van der Waals surface area contributed by atoms with E-state index >= 15 is 0 Å². The van der Waals surface area contributed by atoms with Crippen LogP contribution in [-0.4, -0.2) is 14.9 Å². The van der Waals surface area contributed by atoms with Gasteiger partial charge >= 0.3 is 0 Å². The van der Waals surface area contributed by atoms with Gasteiger partial charge < -0.3 is 9.13 Å². The summed E-state index contributed by atoms with van der Waals surface area (Å²) in [5.74, 6) is -0.120. The van der Waals surface area contributed by atoms with Gasteiger partial charge in [-0.3, -0.25) is 4.79 Å². The highest BCUT2D eigenvalue weighted by Crippen LogP contribution is 2.28. The second kappa shape index (κ2) is 10.5. The quantitative estimate of drug-likeness (QED) is 0.170. The van der Waals surface area contributed by atoms with Crippen molar-refractivity contribution in [1.29, 1.82) is 0 Å². The second-order valence-electron chi connectivity index (χ2n) is 8.42. The summed E-state index contributed by atoms with van der Waals surface area (Å²) in [5.41, 5.74) is 5.69. The molecule has 172 valence electrons. The molecule has 3 nitrogen and oxygen atoms in total. The molecule has 0 saturated carbocycles. The van der Waals surface area contributed by atoms with Gasteiger partial charge in [0.2, 0.25) is 0 Å². The van der Waals surface area contributed by atoms with Crippen LogP contribution in [0.2, 0.25) is 5.02 Å². The highest BCUT2D eigenvalue weighted by Gasteiger charge is 2.17. The summed E-state index contributed by atoms with van der Waals surface area (Å²) in [6.07, 6.45) is 5.83. The van der Waals surface area contributed by atoms with Crippen LogP contribution in [0.15, 0.2) is 128 Å². The van der Waals surface area contributed by atoms with Gasteiger partial charge in [-0.25, -0.2) is 0 Å². The zero-order valence-corrected chi connectivity index (χ0v) is 20.0. The number of hydrogen-bond acceptors (Lipinski definition) is 1. The predicted molar refractivity (Wildman–Crippen MR) is 143 cm³/mol. The van der Waals surface area contributed by atoms with Crippen LogP contribution in [0.1, 0.15) is 32.9 Å². The van der Waals surface area contributed by atoms with Crippen molar-refractivity contribution in [2.24, 2.45) is 0 Å². The van der Waals surface area contributed by atoms with Crippen LogP contribution in [0.3, 0.4) is 0 Å². The lowest BCUT2D eigenvalue weighted by molar-refractivity contribution is 0.104. The molecule has 0 atom stereocenters. The highest BCUT2D eigenvalue weighted by molar-refractivity contribution is 6.34. The van der Waals surface area contributed by atoms with Crippen LogP contribution in [0.5, 0.6) is 0 Å². The Labute approximate surface area is 210 Å². The number of carbonyl (C=O) groups is 1. The molecule has 0 aliphatic carbocycles. The maximum atomic E-state index is 13.4. The third-order valence-corrected chi connectivity index (χ3v) is 6.35. The molecule has 2 aromatic heterocycles. The fourth-order valence-electron chi connectivity index (χ4n) is 4.30. The van der Waals surface area contributed by atoms with E-state index in [4.69, 9.17) is 11.6 Å². The lowest BCUT2D eigenvalue weighted by atomic mass is 10.0. The third-order valence-electron chi connectivity index (χ3n) is 6.02. The minimum absolute atomic E-state index is 0.120. The molecule has 0 saturated heterocycles. The van der Waals surface area contributed by atoms with Crippen LogP contribution in [0.25, 0.3) is 5.57 Å². The molecule has 0 aliphatic rings. The summed E-state index contributed by atoms with van der Waals surface area (Å²) >= 11 is 6.37. The molecule has 2 heterocycles. The van der Waals surface area contributed by atoms with Crippen LogP contribution in [-0.2, 0) is 13.1 Å². The first kappa shape index (κ1) is 22.7. The van der Waals surface area contributed by atoms with Gasteiger partial charge in [0.05, 0.1) is 16.4 Å². The number of hydrogen-bond donors (Lipinski definition) is 0. The Hall–Kier alpha value is -4.08. The minimum Gasteiger partial charge on any atom is -0.343 e. The Kier molecular flexibility index (Phi) is 6.78. The number of nitrogens with zero attached hydrogens (tertiary/aromatic N) is 2. The topological polar surface area (TPSA) is 26.9 Å². The van der Waals surface area contributed by atoms with E-state index in [1.54, 1.807) is 18.2 Å². The van der Waals surface area contributed by atoms with Gasteiger partial charge in [0.15, 0.2) is 5.78 Å². The molecule has 5 aromatic rings. The van der Waals surface area contributed by atoms with E-state index in [1.807, 2.05) is 60.7 Å². The number of aromatic nitrogens is 2. The normalized spacial score (nSPS) is 10.8. The molecular weight excluding hydrogens is 452 g/mol. The fraction of sp³-hybridized carbons (Fsp3) is 0.0645. The van der Waals surface area contributed by atoms with E-state index < -0.39 is 0 Å². The lowest BCUT2D eigenvalue weighted by Crippen LogP contribution is -2.09. The smallest absolute Gasteiger partial charge is 0.188 e. The monoisotopic (exact) mass is 476 g/mol. The minimum atomic E-state index is -0.120. The van der Waals surface area contributed by atoms with E-state index in [0.29, 0.717) is 23.7 Å². The number of rotatable bonds is 8. The number of benzene rings is 3. The standard InChI is InChI=1S/C31H25ClN2O/c32-28-16-8-7-15-26(28)31(35)21-27(29-17-9-19-33(29)22-24-11-3-1-4-12-24)30-18-10-20-34(30)23-25-13-5-2-6-14-25/h1-21H,22-23H2. The van der Waals surface area contributed by atoms with Crippen LogP contribution >= 0.6 is 11.6 Å². The third kappa shape index (κ3) is 5.21. The summed E-state index contributed by atoms with van der Waals surface area (Å²) in [5, 5.41) is 0.451. The second-order valence-corrected chi connectivity index (χ2v) is 8.82. The van der Waals surface area contributed by atoms with Crippen molar-refractivity contribution in [2.45, 2.75) is 13.1 Å². The van der Waals surface area contributed by atoms with E-state index in [2.05, 4.69) is 57.9 Å². The molecule has 0 unspecified atom stereocenters. The molecule has 4 heteroatoms. The van der Waals surface area contributed by atoms with Gasteiger partial charge in [0, 0.05) is 36.6 Å². The first-order chi connectivity index (χ1) is 17.2. The van der Waals surface area contributed by atoms with Crippen molar-refractivity contribution in [3.05, 3.63) is 161 Å². The van der Waals surface area contributed by atoms with Crippen molar-refractivity contribution in [3.63, 3.8) is 0 Å². The van der Waals surface area contributed by atoms with Gasteiger partial charge in [0.1, 0.15) is 0 Å². The van der Waals surface area contributed by atoms with Crippen LogP contribution in [0, 0.1) is 0 Å². The fourth-order valence-corrected chi connectivity index (χ4v) is 4.53. The molecular formula is C31H25ClN2O. The highest BCUT2D eigenvalue weighted by atomic mass is 35.5. The SMILES string of the molecule is O=C(C=C(c1cccn1Cc1ccccc1)c1cccn1Cc1ccccc1)c1ccccc1Cl. The Morgan fingerprint density at radius 1 is 0.629 bits per heavy atom. The van der Waals surface area contributed by atoms with Crippen LogP contribution in [0.4, 0.5) is 0 Å². The molecule has 5 rings (SSSR count). The van der Waals surface area contributed by atoms with E-state index in [9.17, 15) is 4.79 Å². The molecule has 0 spiro atoms. The Bertz CT molecular complexity index is 1380. The largest absolute Gasteiger partial charge is 0.343 e. The van der Waals surface area contributed by atoms with E-state index in [0.717, 1.165) is 17.0 Å². The number of carbonyl (C=O) groups excluding carboxylic acids is 1. The average Bonchev–Trinajstić information content (AvgIpc) is 3.54. The number of halogens is 1. The first-order valence-corrected chi connectivity index (χ1v) is 12.0. The summed E-state index contributed by atoms with van der Waals surface area (Å²) in [6, 6.07) is 36.0. The lowest BCUT2D eigenvalue weighted by Gasteiger charge is -2.16.